The van der Waals surface area contributed by atoms with Gasteiger partial charge in [-0.1, -0.05) is 23.2 Å². The van der Waals surface area contributed by atoms with Crippen LogP contribution in [-0.2, 0) is 11.3 Å². The van der Waals surface area contributed by atoms with E-state index >= 15 is 0 Å². The molecule has 0 spiro atoms. The van der Waals surface area contributed by atoms with Crippen LogP contribution in [0.3, 0.4) is 0 Å². The molecule has 1 amide bonds. The van der Waals surface area contributed by atoms with Gasteiger partial charge in [-0.2, -0.15) is 0 Å². The van der Waals surface area contributed by atoms with E-state index in [1.54, 1.807) is 21.6 Å². The molecule has 2 rings (SSSR count). The molecule has 0 saturated carbocycles. The smallest absolute Gasteiger partial charge is 0.242 e. The van der Waals surface area contributed by atoms with Gasteiger partial charge in [0, 0.05) is 13.1 Å². The first-order chi connectivity index (χ1) is 9.47. The molecular weight excluding hydrogens is 299 g/mol. The fourth-order valence-electron chi connectivity index (χ4n) is 2.12. The predicted octanol–water partition coefficient (Wildman–Crippen LogP) is 2.79. The van der Waals surface area contributed by atoms with E-state index in [4.69, 9.17) is 28.9 Å². The molecule has 0 bridgehead atoms. The summed E-state index contributed by atoms with van der Waals surface area (Å²) >= 11 is 12.0. The lowest BCUT2D eigenvalue weighted by Gasteiger charge is -2.19. The molecule has 0 fully saturated rings. The zero-order chi connectivity index (χ0) is 14.9. The van der Waals surface area contributed by atoms with Crippen molar-refractivity contribution < 1.29 is 4.79 Å². The van der Waals surface area contributed by atoms with E-state index in [1.165, 1.54) is 0 Å². The lowest BCUT2D eigenvalue weighted by Crippen LogP contribution is -2.33. The minimum atomic E-state index is -0.00734. The zero-order valence-corrected chi connectivity index (χ0v) is 12.9. The summed E-state index contributed by atoms with van der Waals surface area (Å²) in [5, 5.41) is 0.828. The van der Waals surface area contributed by atoms with Crippen LogP contribution in [0, 0.1) is 0 Å². The number of rotatable bonds is 4. The molecule has 108 valence electrons. The predicted molar refractivity (Wildman–Crippen MR) is 82.1 cm³/mol. The average Bonchev–Trinajstić information content (AvgIpc) is 2.68. The molecule has 0 aliphatic heterocycles. The van der Waals surface area contributed by atoms with Gasteiger partial charge in [0.25, 0.3) is 0 Å². The number of amides is 1. The van der Waals surface area contributed by atoms with Gasteiger partial charge < -0.3 is 15.2 Å². The number of benzene rings is 1. The van der Waals surface area contributed by atoms with E-state index in [1.807, 2.05) is 13.8 Å². The first kappa shape index (κ1) is 14.9. The monoisotopic (exact) mass is 314 g/mol. The number of anilines is 1. The highest BCUT2D eigenvalue weighted by Gasteiger charge is 2.16. The molecule has 20 heavy (non-hydrogen) atoms. The van der Waals surface area contributed by atoms with E-state index in [-0.39, 0.29) is 18.4 Å². The molecule has 0 radical (unpaired) electrons. The normalized spacial score (nSPS) is 11.0. The fraction of sp³-hybridized carbons (Fsp3) is 0.385. The van der Waals surface area contributed by atoms with Crippen molar-refractivity contribution in [3.05, 3.63) is 22.2 Å². The topological polar surface area (TPSA) is 64.2 Å². The lowest BCUT2D eigenvalue weighted by atomic mass is 10.3. The maximum Gasteiger partial charge on any atom is 0.242 e. The first-order valence-electron chi connectivity index (χ1n) is 6.36. The number of halogens is 2. The summed E-state index contributed by atoms with van der Waals surface area (Å²) in [5.74, 6) is 0.269. The summed E-state index contributed by atoms with van der Waals surface area (Å²) in [7, 11) is 0. The van der Waals surface area contributed by atoms with Crippen molar-refractivity contribution in [1.82, 2.24) is 14.5 Å². The average molecular weight is 315 g/mol. The Balaban J connectivity index is 2.41. The Bertz CT molecular complexity index is 649. The highest BCUT2D eigenvalue weighted by Crippen LogP contribution is 2.29. The van der Waals surface area contributed by atoms with E-state index in [0.29, 0.717) is 34.2 Å². The van der Waals surface area contributed by atoms with E-state index in [2.05, 4.69) is 4.98 Å². The highest BCUT2D eigenvalue weighted by molar-refractivity contribution is 6.42. The third kappa shape index (κ3) is 2.69. The van der Waals surface area contributed by atoms with Crippen LogP contribution < -0.4 is 5.73 Å². The number of nitrogens with two attached hydrogens (primary N) is 1. The molecule has 1 aromatic heterocycles. The van der Waals surface area contributed by atoms with E-state index < -0.39 is 0 Å². The second kappa shape index (κ2) is 5.89. The largest absolute Gasteiger partial charge is 0.369 e. The number of carbonyl (C=O) groups excluding carboxylic acids is 1. The quantitative estimate of drug-likeness (QED) is 0.943. The Morgan fingerprint density at radius 2 is 1.90 bits per heavy atom. The molecule has 1 aromatic carbocycles. The summed E-state index contributed by atoms with van der Waals surface area (Å²) in [6.45, 7) is 5.34. The standard InChI is InChI=1S/C13H16Cl2N4O/c1-3-18(4-2)12(20)7-19-11-6-9(15)8(14)5-10(11)17-13(19)16/h5-6H,3-4,7H2,1-2H3,(H2,16,17). The highest BCUT2D eigenvalue weighted by atomic mass is 35.5. The van der Waals surface area contributed by atoms with Crippen molar-refractivity contribution in [3.63, 3.8) is 0 Å². The summed E-state index contributed by atoms with van der Waals surface area (Å²) in [4.78, 5) is 18.1. The molecule has 2 aromatic rings. The minimum Gasteiger partial charge on any atom is -0.369 e. The number of fused-ring (bicyclic) bond motifs is 1. The van der Waals surface area contributed by atoms with Crippen LogP contribution in [0.5, 0.6) is 0 Å². The van der Waals surface area contributed by atoms with Crippen molar-refractivity contribution >= 4 is 46.1 Å². The van der Waals surface area contributed by atoms with Crippen LogP contribution in [0.2, 0.25) is 10.0 Å². The molecular formula is C13H16Cl2N4O. The van der Waals surface area contributed by atoms with Crippen molar-refractivity contribution in [1.29, 1.82) is 0 Å². The first-order valence-corrected chi connectivity index (χ1v) is 7.12. The molecule has 0 saturated heterocycles. The van der Waals surface area contributed by atoms with Gasteiger partial charge in [-0.15, -0.1) is 0 Å². The third-order valence-electron chi connectivity index (χ3n) is 3.23. The third-order valence-corrected chi connectivity index (χ3v) is 3.95. The van der Waals surface area contributed by atoms with E-state index in [9.17, 15) is 4.79 Å². The Morgan fingerprint density at radius 3 is 2.50 bits per heavy atom. The number of carbonyl (C=O) groups is 1. The van der Waals surface area contributed by atoms with Crippen molar-refractivity contribution in [2.24, 2.45) is 0 Å². The molecule has 0 aliphatic carbocycles. The maximum atomic E-state index is 12.2. The van der Waals surface area contributed by atoms with Crippen molar-refractivity contribution in [2.75, 3.05) is 18.8 Å². The van der Waals surface area contributed by atoms with Gasteiger partial charge in [0.2, 0.25) is 11.9 Å². The summed E-state index contributed by atoms with van der Waals surface area (Å²) in [6, 6.07) is 3.33. The van der Waals surface area contributed by atoms with Gasteiger partial charge in [0.05, 0.1) is 21.1 Å². The molecule has 0 unspecified atom stereocenters. The number of nitrogens with zero attached hydrogens (tertiary/aromatic N) is 3. The Labute approximate surface area is 127 Å². The van der Waals surface area contributed by atoms with Crippen LogP contribution >= 0.6 is 23.2 Å². The number of hydrogen-bond donors (Lipinski definition) is 1. The summed E-state index contributed by atoms with van der Waals surface area (Å²) < 4.78 is 1.65. The van der Waals surface area contributed by atoms with Gasteiger partial charge in [-0.25, -0.2) is 4.98 Å². The molecule has 1 heterocycles. The van der Waals surface area contributed by atoms with Crippen molar-refractivity contribution in [2.45, 2.75) is 20.4 Å². The van der Waals surface area contributed by atoms with Gasteiger partial charge in [-0.3, -0.25) is 4.79 Å². The zero-order valence-electron chi connectivity index (χ0n) is 11.4. The van der Waals surface area contributed by atoms with Gasteiger partial charge in [0.1, 0.15) is 6.54 Å². The Hall–Kier alpha value is -1.46. The summed E-state index contributed by atoms with van der Waals surface area (Å²) in [5.41, 5.74) is 7.21. The molecule has 0 atom stereocenters. The van der Waals surface area contributed by atoms with Crippen LogP contribution in [0.15, 0.2) is 12.1 Å². The molecule has 7 heteroatoms. The summed E-state index contributed by atoms with van der Waals surface area (Å²) in [6.07, 6.45) is 0. The molecule has 0 aliphatic rings. The SMILES string of the molecule is CCN(CC)C(=O)Cn1c(N)nc2cc(Cl)c(Cl)cc21. The van der Waals surface area contributed by atoms with Gasteiger partial charge >= 0.3 is 0 Å². The Kier molecular flexibility index (Phi) is 4.40. The fourth-order valence-corrected chi connectivity index (χ4v) is 2.43. The maximum absolute atomic E-state index is 12.2. The number of nitrogen functional groups attached to an aromatic ring is 1. The number of hydrogen-bond acceptors (Lipinski definition) is 3. The van der Waals surface area contributed by atoms with Crippen LogP contribution in [0.1, 0.15) is 13.8 Å². The number of likely N-dealkylation sites (N-methyl/N-ethyl adjacent to an activating group) is 1. The van der Waals surface area contributed by atoms with E-state index in [0.717, 1.165) is 0 Å². The minimum absolute atomic E-state index is 0.00734. The second-order valence-corrected chi connectivity index (χ2v) is 5.19. The second-order valence-electron chi connectivity index (χ2n) is 4.38. The molecule has 5 nitrogen and oxygen atoms in total. The van der Waals surface area contributed by atoms with Crippen LogP contribution in [0.25, 0.3) is 11.0 Å². The van der Waals surface area contributed by atoms with Crippen LogP contribution in [0.4, 0.5) is 5.95 Å². The lowest BCUT2D eigenvalue weighted by molar-refractivity contribution is -0.131. The van der Waals surface area contributed by atoms with Crippen molar-refractivity contribution in [3.8, 4) is 0 Å². The van der Waals surface area contributed by atoms with Gasteiger partial charge in [-0.05, 0) is 26.0 Å². The van der Waals surface area contributed by atoms with Crippen LogP contribution in [-0.4, -0.2) is 33.4 Å². The molecule has 2 N–H and O–H groups in total. The van der Waals surface area contributed by atoms with Gasteiger partial charge in [0.15, 0.2) is 0 Å². The Morgan fingerprint density at radius 1 is 1.30 bits per heavy atom. The number of imidazole rings is 1. The number of aromatic nitrogens is 2.